The van der Waals surface area contributed by atoms with Crippen molar-refractivity contribution in [3.8, 4) is 23.3 Å². The molecule has 2 rings (SSSR count). The van der Waals surface area contributed by atoms with E-state index in [1.807, 2.05) is 6.07 Å². The fraction of sp³-hybridized carbons (Fsp3) is 0.429. The molecule has 0 bridgehead atoms. The van der Waals surface area contributed by atoms with Crippen molar-refractivity contribution in [2.24, 2.45) is 0 Å². The number of aryl methyl sites for hydroxylation is 1. The van der Waals surface area contributed by atoms with Gasteiger partial charge in [0.05, 0.1) is 0 Å². The summed E-state index contributed by atoms with van der Waals surface area (Å²) in [6, 6.07) is 6.13. The van der Waals surface area contributed by atoms with E-state index in [9.17, 15) is 0 Å². The summed E-state index contributed by atoms with van der Waals surface area (Å²) in [6.45, 7) is 3.36. The number of benzene rings is 1. The number of ether oxygens (including phenoxy) is 2. The summed E-state index contributed by atoms with van der Waals surface area (Å²) in [5.41, 5.74) is 1.26. The van der Waals surface area contributed by atoms with Crippen molar-refractivity contribution in [2.75, 3.05) is 13.2 Å². The summed E-state index contributed by atoms with van der Waals surface area (Å²) in [5.74, 6) is 7.94. The van der Waals surface area contributed by atoms with E-state index in [2.05, 4.69) is 30.9 Å². The Hall–Kier alpha value is -1.62. The molecule has 0 amide bonds. The van der Waals surface area contributed by atoms with Crippen molar-refractivity contribution in [3.05, 3.63) is 23.8 Å². The molecule has 1 aromatic rings. The maximum atomic E-state index is 5.53. The molecule has 16 heavy (non-hydrogen) atoms. The SMILES string of the molecule is CCC#CCCc1ccc2c(c1)OCCO2. The molecule has 0 radical (unpaired) electrons. The van der Waals surface area contributed by atoms with Crippen molar-refractivity contribution >= 4 is 0 Å². The first-order valence-corrected chi connectivity index (χ1v) is 5.74. The Bertz CT molecular complexity index is 412. The number of rotatable bonds is 2. The van der Waals surface area contributed by atoms with E-state index in [0.717, 1.165) is 30.8 Å². The monoisotopic (exact) mass is 216 g/mol. The van der Waals surface area contributed by atoms with E-state index >= 15 is 0 Å². The second-order valence-corrected chi connectivity index (χ2v) is 3.69. The number of fused-ring (bicyclic) bond motifs is 1. The fourth-order valence-corrected chi connectivity index (χ4v) is 1.66. The van der Waals surface area contributed by atoms with E-state index in [1.54, 1.807) is 0 Å². The van der Waals surface area contributed by atoms with Gasteiger partial charge < -0.3 is 9.47 Å². The first kappa shape index (κ1) is 10.9. The second kappa shape index (κ2) is 5.46. The van der Waals surface area contributed by atoms with Crippen LogP contribution in [0.3, 0.4) is 0 Å². The lowest BCUT2D eigenvalue weighted by atomic mass is 10.1. The van der Waals surface area contributed by atoms with Crippen LogP contribution in [0.15, 0.2) is 18.2 Å². The minimum atomic E-state index is 0.645. The van der Waals surface area contributed by atoms with E-state index in [4.69, 9.17) is 9.47 Å². The van der Waals surface area contributed by atoms with E-state index in [-0.39, 0.29) is 0 Å². The molecule has 0 fully saturated rings. The van der Waals surface area contributed by atoms with Crippen molar-refractivity contribution in [1.29, 1.82) is 0 Å². The van der Waals surface area contributed by atoms with Crippen LogP contribution in [-0.2, 0) is 6.42 Å². The molecular formula is C14H16O2. The maximum absolute atomic E-state index is 5.53. The van der Waals surface area contributed by atoms with Gasteiger partial charge in [-0.3, -0.25) is 0 Å². The molecular weight excluding hydrogens is 200 g/mol. The lowest BCUT2D eigenvalue weighted by molar-refractivity contribution is 0.171. The lowest BCUT2D eigenvalue weighted by Gasteiger charge is -2.18. The average Bonchev–Trinajstić information content (AvgIpc) is 2.34. The molecule has 0 atom stereocenters. The Morgan fingerprint density at radius 1 is 1.12 bits per heavy atom. The first-order valence-electron chi connectivity index (χ1n) is 5.74. The third-order valence-electron chi connectivity index (χ3n) is 2.45. The van der Waals surface area contributed by atoms with Crippen molar-refractivity contribution in [2.45, 2.75) is 26.2 Å². The Kier molecular flexibility index (Phi) is 3.71. The summed E-state index contributed by atoms with van der Waals surface area (Å²) in [5, 5.41) is 0. The minimum absolute atomic E-state index is 0.645. The minimum Gasteiger partial charge on any atom is -0.486 e. The van der Waals surface area contributed by atoms with Gasteiger partial charge in [0.2, 0.25) is 0 Å². The van der Waals surface area contributed by atoms with Crippen LogP contribution >= 0.6 is 0 Å². The van der Waals surface area contributed by atoms with Gasteiger partial charge in [0.1, 0.15) is 13.2 Å². The van der Waals surface area contributed by atoms with Gasteiger partial charge in [0.25, 0.3) is 0 Å². The molecule has 1 aliphatic heterocycles. The van der Waals surface area contributed by atoms with Gasteiger partial charge in [0, 0.05) is 12.8 Å². The summed E-state index contributed by atoms with van der Waals surface area (Å²) in [4.78, 5) is 0. The summed E-state index contributed by atoms with van der Waals surface area (Å²) in [7, 11) is 0. The average molecular weight is 216 g/mol. The van der Waals surface area contributed by atoms with Gasteiger partial charge in [-0.05, 0) is 24.1 Å². The van der Waals surface area contributed by atoms with Crippen LogP contribution in [0, 0.1) is 11.8 Å². The molecule has 0 saturated carbocycles. The molecule has 2 heteroatoms. The number of hydrogen-bond acceptors (Lipinski definition) is 2. The summed E-state index contributed by atoms with van der Waals surface area (Å²) >= 11 is 0. The van der Waals surface area contributed by atoms with Gasteiger partial charge in [0.15, 0.2) is 11.5 Å². The molecule has 2 nitrogen and oxygen atoms in total. The van der Waals surface area contributed by atoms with Crippen LogP contribution in [0.5, 0.6) is 11.5 Å². The van der Waals surface area contributed by atoms with E-state index < -0.39 is 0 Å². The Balaban J connectivity index is 2.00. The third-order valence-corrected chi connectivity index (χ3v) is 2.45. The predicted molar refractivity (Wildman–Crippen MR) is 63.8 cm³/mol. The smallest absolute Gasteiger partial charge is 0.161 e. The van der Waals surface area contributed by atoms with Gasteiger partial charge >= 0.3 is 0 Å². The Morgan fingerprint density at radius 2 is 1.94 bits per heavy atom. The number of hydrogen-bond donors (Lipinski definition) is 0. The normalized spacial score (nSPS) is 12.8. The van der Waals surface area contributed by atoms with E-state index in [1.165, 1.54) is 5.56 Å². The van der Waals surface area contributed by atoms with Crippen LogP contribution in [-0.4, -0.2) is 13.2 Å². The molecule has 1 aliphatic rings. The van der Waals surface area contributed by atoms with Crippen molar-refractivity contribution in [3.63, 3.8) is 0 Å². The summed E-state index contributed by atoms with van der Waals surface area (Å²) < 4.78 is 11.0. The van der Waals surface area contributed by atoms with Crippen LogP contribution in [0.2, 0.25) is 0 Å². The molecule has 1 heterocycles. The zero-order chi connectivity index (χ0) is 11.2. The quantitative estimate of drug-likeness (QED) is 0.708. The predicted octanol–water partition coefficient (Wildman–Crippen LogP) is 2.80. The highest BCUT2D eigenvalue weighted by atomic mass is 16.6. The Labute approximate surface area is 96.6 Å². The fourth-order valence-electron chi connectivity index (χ4n) is 1.66. The highest BCUT2D eigenvalue weighted by Crippen LogP contribution is 2.30. The highest BCUT2D eigenvalue weighted by molar-refractivity contribution is 5.43. The van der Waals surface area contributed by atoms with Crippen LogP contribution in [0.25, 0.3) is 0 Å². The zero-order valence-corrected chi connectivity index (χ0v) is 9.58. The van der Waals surface area contributed by atoms with Crippen molar-refractivity contribution in [1.82, 2.24) is 0 Å². The highest BCUT2D eigenvalue weighted by Gasteiger charge is 2.10. The largest absolute Gasteiger partial charge is 0.486 e. The standard InChI is InChI=1S/C14H16O2/c1-2-3-4-5-6-12-7-8-13-14(11-12)16-10-9-15-13/h7-8,11H,2,5-6,9-10H2,1H3. The van der Waals surface area contributed by atoms with Crippen LogP contribution in [0.1, 0.15) is 25.3 Å². The molecule has 1 aromatic carbocycles. The molecule has 0 spiro atoms. The topological polar surface area (TPSA) is 18.5 Å². The Morgan fingerprint density at radius 3 is 2.75 bits per heavy atom. The maximum Gasteiger partial charge on any atom is 0.161 e. The summed E-state index contributed by atoms with van der Waals surface area (Å²) in [6.07, 6.45) is 2.82. The molecule has 0 aromatic heterocycles. The molecule has 0 saturated heterocycles. The second-order valence-electron chi connectivity index (χ2n) is 3.69. The molecule has 0 unspecified atom stereocenters. The third kappa shape index (κ3) is 2.70. The van der Waals surface area contributed by atoms with E-state index in [0.29, 0.717) is 13.2 Å². The van der Waals surface area contributed by atoms with Crippen molar-refractivity contribution < 1.29 is 9.47 Å². The molecule has 0 aliphatic carbocycles. The van der Waals surface area contributed by atoms with Gasteiger partial charge in [-0.1, -0.05) is 13.0 Å². The molecule has 84 valence electrons. The molecule has 0 N–H and O–H groups in total. The zero-order valence-electron chi connectivity index (χ0n) is 9.58. The first-order chi connectivity index (χ1) is 7.90. The lowest BCUT2D eigenvalue weighted by Crippen LogP contribution is -2.15. The van der Waals surface area contributed by atoms with Gasteiger partial charge in [-0.25, -0.2) is 0 Å². The van der Waals surface area contributed by atoms with Crippen LogP contribution in [0.4, 0.5) is 0 Å². The van der Waals surface area contributed by atoms with Crippen LogP contribution < -0.4 is 9.47 Å². The van der Waals surface area contributed by atoms with Gasteiger partial charge in [-0.2, -0.15) is 0 Å². The van der Waals surface area contributed by atoms with Gasteiger partial charge in [-0.15, -0.1) is 11.8 Å².